The Morgan fingerprint density at radius 1 is 1.17 bits per heavy atom. The molecule has 18 heavy (non-hydrogen) atoms. The summed E-state index contributed by atoms with van der Waals surface area (Å²) in [6, 6.07) is 8.31. The lowest BCUT2D eigenvalue weighted by atomic mass is 10.2. The molecule has 0 unspecified atom stereocenters. The van der Waals surface area contributed by atoms with E-state index in [1.807, 2.05) is 12.1 Å². The highest BCUT2D eigenvalue weighted by atomic mass is 19.1. The van der Waals surface area contributed by atoms with Crippen LogP contribution in [0.5, 0.6) is 5.75 Å². The van der Waals surface area contributed by atoms with E-state index in [1.165, 1.54) is 13.2 Å². The molecule has 0 amide bonds. The first-order chi connectivity index (χ1) is 8.72. The maximum Gasteiger partial charge on any atom is 0.165 e. The zero-order chi connectivity index (χ0) is 13.0. The Bertz CT molecular complexity index is 546. The van der Waals surface area contributed by atoms with Crippen molar-refractivity contribution in [1.29, 1.82) is 0 Å². The molecular formula is C13H14FN3O. The predicted octanol–water partition coefficient (Wildman–Crippen LogP) is 3.01. The number of anilines is 3. The van der Waals surface area contributed by atoms with Gasteiger partial charge in [-0.3, -0.25) is 0 Å². The normalized spacial score (nSPS) is 9.94. The van der Waals surface area contributed by atoms with E-state index in [4.69, 9.17) is 4.74 Å². The number of aromatic nitrogens is 1. The molecule has 0 spiro atoms. The molecule has 0 aliphatic heterocycles. The van der Waals surface area contributed by atoms with Crippen molar-refractivity contribution in [3.63, 3.8) is 0 Å². The summed E-state index contributed by atoms with van der Waals surface area (Å²) in [7, 11) is 3.24. The van der Waals surface area contributed by atoms with Crippen LogP contribution < -0.4 is 15.4 Å². The van der Waals surface area contributed by atoms with E-state index >= 15 is 0 Å². The third-order valence-electron chi connectivity index (χ3n) is 2.46. The molecular weight excluding hydrogens is 233 g/mol. The largest absolute Gasteiger partial charge is 0.494 e. The molecule has 0 fully saturated rings. The molecule has 0 radical (unpaired) electrons. The second kappa shape index (κ2) is 5.35. The van der Waals surface area contributed by atoms with Gasteiger partial charge in [0.2, 0.25) is 0 Å². The van der Waals surface area contributed by atoms with Crippen molar-refractivity contribution >= 4 is 17.2 Å². The molecule has 1 aromatic heterocycles. The number of pyridine rings is 1. The molecule has 0 saturated heterocycles. The molecule has 4 nitrogen and oxygen atoms in total. The lowest BCUT2D eigenvalue weighted by molar-refractivity contribution is 0.387. The Morgan fingerprint density at radius 3 is 2.67 bits per heavy atom. The van der Waals surface area contributed by atoms with Gasteiger partial charge in [0, 0.05) is 36.8 Å². The molecule has 0 atom stereocenters. The van der Waals surface area contributed by atoms with Gasteiger partial charge in [-0.15, -0.1) is 0 Å². The zero-order valence-electron chi connectivity index (χ0n) is 10.2. The highest BCUT2D eigenvalue weighted by Gasteiger charge is 2.04. The minimum atomic E-state index is -0.381. The molecule has 1 aromatic carbocycles. The summed E-state index contributed by atoms with van der Waals surface area (Å²) in [6.07, 6.45) is 1.69. The predicted molar refractivity (Wildman–Crippen MR) is 70.0 cm³/mol. The van der Waals surface area contributed by atoms with Gasteiger partial charge in [0.25, 0.3) is 0 Å². The minimum Gasteiger partial charge on any atom is -0.494 e. The van der Waals surface area contributed by atoms with Crippen molar-refractivity contribution < 1.29 is 9.13 Å². The summed E-state index contributed by atoms with van der Waals surface area (Å²) < 4.78 is 18.2. The van der Waals surface area contributed by atoms with Crippen LogP contribution in [-0.2, 0) is 0 Å². The number of hydrogen-bond acceptors (Lipinski definition) is 4. The molecule has 0 aliphatic rings. The van der Waals surface area contributed by atoms with E-state index in [-0.39, 0.29) is 11.6 Å². The summed E-state index contributed by atoms with van der Waals surface area (Å²) in [5.74, 6) is 0.589. The van der Waals surface area contributed by atoms with Crippen molar-refractivity contribution in [2.75, 3.05) is 24.8 Å². The van der Waals surface area contributed by atoms with E-state index in [0.29, 0.717) is 0 Å². The number of methoxy groups -OCH3 is 1. The third-order valence-corrected chi connectivity index (χ3v) is 2.46. The summed E-state index contributed by atoms with van der Waals surface area (Å²) in [4.78, 5) is 4.11. The van der Waals surface area contributed by atoms with Crippen LogP contribution >= 0.6 is 0 Å². The summed E-state index contributed by atoms with van der Waals surface area (Å²) in [5, 5.41) is 6.10. The molecule has 1 heterocycles. The first-order valence-corrected chi connectivity index (χ1v) is 5.47. The van der Waals surface area contributed by atoms with Crippen LogP contribution in [0.15, 0.2) is 36.5 Å². The van der Waals surface area contributed by atoms with Crippen molar-refractivity contribution in [2.24, 2.45) is 0 Å². The first kappa shape index (κ1) is 12.2. The van der Waals surface area contributed by atoms with Crippen LogP contribution in [0.1, 0.15) is 0 Å². The Labute approximate surface area is 105 Å². The van der Waals surface area contributed by atoms with Gasteiger partial charge >= 0.3 is 0 Å². The SMILES string of the molecule is CNc1cc(Nc2ccc(F)c(OC)c2)ccn1. The number of hydrogen-bond donors (Lipinski definition) is 2. The van der Waals surface area contributed by atoms with E-state index < -0.39 is 0 Å². The van der Waals surface area contributed by atoms with Gasteiger partial charge < -0.3 is 15.4 Å². The molecule has 2 aromatic rings. The molecule has 0 bridgehead atoms. The van der Waals surface area contributed by atoms with Crippen LogP contribution in [0.4, 0.5) is 21.6 Å². The Kier molecular flexibility index (Phi) is 3.62. The molecule has 2 rings (SSSR count). The smallest absolute Gasteiger partial charge is 0.165 e. The van der Waals surface area contributed by atoms with Crippen LogP contribution in [0.25, 0.3) is 0 Å². The minimum absolute atomic E-state index is 0.211. The Morgan fingerprint density at radius 2 is 1.94 bits per heavy atom. The van der Waals surface area contributed by atoms with Crippen LogP contribution in [0.2, 0.25) is 0 Å². The highest BCUT2D eigenvalue weighted by molar-refractivity contribution is 5.63. The second-order valence-corrected chi connectivity index (χ2v) is 3.65. The van der Waals surface area contributed by atoms with Gasteiger partial charge in [0.15, 0.2) is 11.6 Å². The fourth-order valence-corrected chi connectivity index (χ4v) is 1.55. The van der Waals surface area contributed by atoms with Gasteiger partial charge in [-0.1, -0.05) is 0 Å². The van der Waals surface area contributed by atoms with Crippen molar-refractivity contribution in [2.45, 2.75) is 0 Å². The van der Waals surface area contributed by atoms with E-state index in [1.54, 1.807) is 25.4 Å². The van der Waals surface area contributed by atoms with E-state index in [0.717, 1.165) is 17.2 Å². The number of rotatable bonds is 4. The Hall–Kier alpha value is -2.30. The molecule has 0 saturated carbocycles. The van der Waals surface area contributed by atoms with Gasteiger partial charge in [-0.25, -0.2) is 9.37 Å². The number of nitrogens with one attached hydrogen (secondary N) is 2. The number of benzene rings is 1. The zero-order valence-corrected chi connectivity index (χ0v) is 10.2. The number of ether oxygens (including phenoxy) is 1. The van der Waals surface area contributed by atoms with Crippen molar-refractivity contribution in [3.05, 3.63) is 42.3 Å². The molecule has 5 heteroatoms. The summed E-state index contributed by atoms with van der Waals surface area (Å²) in [5.41, 5.74) is 1.62. The third kappa shape index (κ3) is 2.68. The van der Waals surface area contributed by atoms with Crippen LogP contribution in [-0.4, -0.2) is 19.1 Å². The van der Waals surface area contributed by atoms with Gasteiger partial charge in [0.05, 0.1) is 7.11 Å². The first-order valence-electron chi connectivity index (χ1n) is 5.47. The van der Waals surface area contributed by atoms with Crippen molar-refractivity contribution in [1.82, 2.24) is 4.98 Å². The fourth-order valence-electron chi connectivity index (χ4n) is 1.55. The van der Waals surface area contributed by atoms with E-state index in [2.05, 4.69) is 15.6 Å². The number of halogens is 1. The quantitative estimate of drug-likeness (QED) is 0.871. The Balaban J connectivity index is 2.22. The van der Waals surface area contributed by atoms with E-state index in [9.17, 15) is 4.39 Å². The molecule has 0 aliphatic carbocycles. The lowest BCUT2D eigenvalue weighted by Gasteiger charge is -2.09. The summed E-state index contributed by atoms with van der Waals surface area (Å²) >= 11 is 0. The maximum absolute atomic E-state index is 13.3. The topological polar surface area (TPSA) is 46.2 Å². The molecule has 2 N–H and O–H groups in total. The fraction of sp³-hybridized carbons (Fsp3) is 0.154. The highest BCUT2D eigenvalue weighted by Crippen LogP contribution is 2.24. The van der Waals surface area contributed by atoms with Gasteiger partial charge in [-0.2, -0.15) is 0 Å². The maximum atomic E-state index is 13.3. The van der Waals surface area contributed by atoms with Gasteiger partial charge in [-0.05, 0) is 18.2 Å². The van der Waals surface area contributed by atoms with Crippen molar-refractivity contribution in [3.8, 4) is 5.75 Å². The van der Waals surface area contributed by atoms with Crippen LogP contribution in [0, 0.1) is 5.82 Å². The standard InChI is InChI=1S/C13H14FN3O/c1-15-13-8-10(5-6-16-13)17-9-3-4-11(14)12(7-9)18-2/h3-8H,1-2H3,(H2,15,16,17). The second-order valence-electron chi connectivity index (χ2n) is 3.65. The monoisotopic (exact) mass is 247 g/mol. The summed E-state index contributed by atoms with van der Waals surface area (Å²) in [6.45, 7) is 0. The van der Waals surface area contributed by atoms with Gasteiger partial charge in [0.1, 0.15) is 5.82 Å². The van der Waals surface area contributed by atoms with Crippen LogP contribution in [0.3, 0.4) is 0 Å². The average Bonchev–Trinajstić information content (AvgIpc) is 2.41. The lowest BCUT2D eigenvalue weighted by Crippen LogP contribution is -1.96. The average molecular weight is 247 g/mol. The molecule has 94 valence electrons. The number of nitrogens with zero attached hydrogens (tertiary/aromatic N) is 1.